The molecule has 2 heterocycles. The maximum Gasteiger partial charge on any atom is 0.259 e. The summed E-state index contributed by atoms with van der Waals surface area (Å²) in [7, 11) is 1.77. The van der Waals surface area contributed by atoms with Crippen LogP contribution >= 0.6 is 0 Å². The van der Waals surface area contributed by atoms with Crippen LogP contribution in [0.4, 0.5) is 11.8 Å². The average molecular weight is 267 g/mol. The Kier molecular flexibility index (Phi) is 3.04. The summed E-state index contributed by atoms with van der Waals surface area (Å²) in [6, 6.07) is 11.0. The van der Waals surface area contributed by atoms with Crippen molar-refractivity contribution in [1.29, 1.82) is 0 Å². The van der Waals surface area contributed by atoms with Gasteiger partial charge in [-0.1, -0.05) is 12.1 Å². The quantitative estimate of drug-likeness (QED) is 0.679. The van der Waals surface area contributed by atoms with Crippen molar-refractivity contribution < 1.29 is 4.79 Å². The van der Waals surface area contributed by atoms with E-state index >= 15 is 0 Å². The fourth-order valence-electron chi connectivity index (χ4n) is 1.87. The van der Waals surface area contributed by atoms with Crippen molar-refractivity contribution in [3.63, 3.8) is 0 Å². The molecule has 20 heavy (non-hydrogen) atoms. The van der Waals surface area contributed by atoms with Crippen molar-refractivity contribution in [2.75, 3.05) is 17.7 Å². The molecule has 0 bridgehead atoms. The summed E-state index contributed by atoms with van der Waals surface area (Å²) in [5.41, 5.74) is 2.17. The van der Waals surface area contributed by atoms with Gasteiger partial charge >= 0.3 is 0 Å². The van der Waals surface area contributed by atoms with Crippen LogP contribution in [0, 0.1) is 0 Å². The first-order valence-electron chi connectivity index (χ1n) is 6.16. The number of imidazole rings is 1. The number of pyridine rings is 1. The molecule has 0 radical (unpaired) electrons. The lowest BCUT2D eigenvalue weighted by Crippen LogP contribution is -2.13. The monoisotopic (exact) mass is 267 g/mol. The van der Waals surface area contributed by atoms with Crippen LogP contribution < -0.4 is 10.6 Å². The number of nitrogens with zero attached hydrogens (tertiary/aromatic N) is 2. The third kappa shape index (κ3) is 2.31. The van der Waals surface area contributed by atoms with Gasteiger partial charge in [0.1, 0.15) is 5.82 Å². The summed E-state index contributed by atoms with van der Waals surface area (Å²) in [4.78, 5) is 23.5. The molecule has 100 valence electrons. The zero-order valence-electron chi connectivity index (χ0n) is 10.8. The molecule has 0 atom stereocenters. The molecule has 0 aliphatic carbocycles. The molecule has 3 N–H and O–H groups in total. The lowest BCUT2D eigenvalue weighted by molar-refractivity contribution is 0.102. The molecule has 3 rings (SSSR count). The van der Waals surface area contributed by atoms with E-state index in [4.69, 9.17) is 0 Å². The van der Waals surface area contributed by atoms with Gasteiger partial charge in [0.15, 0.2) is 0 Å². The Hall–Kier alpha value is -2.89. The van der Waals surface area contributed by atoms with Gasteiger partial charge in [-0.3, -0.25) is 10.1 Å². The van der Waals surface area contributed by atoms with Gasteiger partial charge in [0.25, 0.3) is 5.91 Å². The Morgan fingerprint density at radius 2 is 2.05 bits per heavy atom. The van der Waals surface area contributed by atoms with Crippen LogP contribution in [0.2, 0.25) is 0 Å². The number of H-pyrrole nitrogens is 1. The molecule has 0 fully saturated rings. The minimum Gasteiger partial charge on any atom is -0.373 e. The van der Waals surface area contributed by atoms with E-state index in [0.29, 0.717) is 17.3 Å². The molecule has 0 aliphatic rings. The number of para-hydroxylation sites is 2. The Morgan fingerprint density at radius 1 is 1.20 bits per heavy atom. The number of nitrogens with one attached hydrogen (secondary N) is 3. The van der Waals surface area contributed by atoms with Crippen molar-refractivity contribution in [1.82, 2.24) is 15.0 Å². The van der Waals surface area contributed by atoms with E-state index in [0.717, 1.165) is 11.0 Å². The van der Waals surface area contributed by atoms with Gasteiger partial charge in [-0.25, -0.2) is 9.97 Å². The highest BCUT2D eigenvalue weighted by Crippen LogP contribution is 2.14. The van der Waals surface area contributed by atoms with Crippen LogP contribution in [0.5, 0.6) is 0 Å². The third-order valence-electron chi connectivity index (χ3n) is 2.90. The van der Waals surface area contributed by atoms with E-state index in [2.05, 4.69) is 25.6 Å². The summed E-state index contributed by atoms with van der Waals surface area (Å²) >= 11 is 0. The number of carbonyl (C=O) groups excluding carboxylic acids is 1. The fraction of sp³-hybridized carbons (Fsp3) is 0.0714. The zero-order chi connectivity index (χ0) is 13.9. The Morgan fingerprint density at radius 3 is 2.75 bits per heavy atom. The topological polar surface area (TPSA) is 82.7 Å². The highest BCUT2D eigenvalue weighted by molar-refractivity contribution is 6.03. The molecule has 6 heteroatoms. The molecule has 2 aromatic heterocycles. The second kappa shape index (κ2) is 5.00. The fourth-order valence-corrected chi connectivity index (χ4v) is 1.87. The molecule has 3 aromatic rings. The Labute approximate surface area is 115 Å². The molecule has 1 amide bonds. The average Bonchev–Trinajstić information content (AvgIpc) is 2.89. The van der Waals surface area contributed by atoms with Crippen LogP contribution in [0.1, 0.15) is 10.4 Å². The summed E-state index contributed by atoms with van der Waals surface area (Å²) < 4.78 is 0. The zero-order valence-corrected chi connectivity index (χ0v) is 10.8. The van der Waals surface area contributed by atoms with E-state index in [1.54, 1.807) is 19.2 Å². The van der Waals surface area contributed by atoms with Gasteiger partial charge in [0, 0.05) is 13.2 Å². The van der Waals surface area contributed by atoms with Gasteiger partial charge < -0.3 is 10.3 Å². The van der Waals surface area contributed by atoms with Crippen LogP contribution in [0.3, 0.4) is 0 Å². The Bertz CT molecular complexity index is 715. The predicted molar refractivity (Wildman–Crippen MR) is 77.8 cm³/mol. The lowest BCUT2D eigenvalue weighted by atomic mass is 10.2. The molecule has 0 aliphatic heterocycles. The first-order valence-corrected chi connectivity index (χ1v) is 6.16. The van der Waals surface area contributed by atoms with Gasteiger partial charge in [-0.2, -0.15) is 0 Å². The lowest BCUT2D eigenvalue weighted by Gasteiger charge is -2.02. The number of amides is 1. The Balaban J connectivity index is 1.80. The smallest absolute Gasteiger partial charge is 0.259 e. The number of aromatic nitrogens is 3. The molecule has 0 spiro atoms. The number of benzene rings is 1. The molecule has 0 unspecified atom stereocenters. The van der Waals surface area contributed by atoms with E-state index in [1.807, 2.05) is 24.3 Å². The first-order chi connectivity index (χ1) is 9.76. The maximum atomic E-state index is 12.1. The molecule has 0 saturated carbocycles. The summed E-state index contributed by atoms with van der Waals surface area (Å²) in [5, 5.41) is 5.62. The predicted octanol–water partition coefficient (Wildman–Crippen LogP) is 2.25. The van der Waals surface area contributed by atoms with Crippen molar-refractivity contribution in [2.24, 2.45) is 0 Å². The van der Waals surface area contributed by atoms with E-state index < -0.39 is 0 Å². The standard InChI is InChI=1S/C14H13N5O/c1-15-12-7-6-9(8-16-12)13(20)19-14-17-10-4-2-3-5-11(10)18-14/h2-8H,1H3,(H,15,16)(H2,17,18,19,20). The van der Waals surface area contributed by atoms with Gasteiger partial charge in [0.2, 0.25) is 5.95 Å². The van der Waals surface area contributed by atoms with Crippen LogP contribution in [-0.4, -0.2) is 27.9 Å². The number of aromatic amines is 1. The number of rotatable bonds is 3. The van der Waals surface area contributed by atoms with Crippen LogP contribution in [-0.2, 0) is 0 Å². The second-order valence-electron chi connectivity index (χ2n) is 4.24. The van der Waals surface area contributed by atoms with Crippen LogP contribution in [0.15, 0.2) is 42.6 Å². The molecular weight excluding hydrogens is 254 g/mol. The largest absolute Gasteiger partial charge is 0.373 e. The van der Waals surface area contributed by atoms with Crippen LogP contribution in [0.25, 0.3) is 11.0 Å². The highest BCUT2D eigenvalue weighted by Gasteiger charge is 2.09. The summed E-state index contributed by atoms with van der Waals surface area (Å²) in [5.74, 6) is 0.887. The van der Waals surface area contributed by atoms with E-state index in [-0.39, 0.29) is 5.91 Å². The van der Waals surface area contributed by atoms with Crippen molar-refractivity contribution >= 4 is 28.7 Å². The maximum absolute atomic E-state index is 12.1. The molecule has 6 nitrogen and oxygen atoms in total. The normalized spacial score (nSPS) is 10.4. The van der Waals surface area contributed by atoms with E-state index in [1.165, 1.54) is 6.20 Å². The van der Waals surface area contributed by atoms with E-state index in [9.17, 15) is 4.79 Å². The number of hydrogen-bond donors (Lipinski definition) is 3. The first kappa shape index (κ1) is 12.2. The highest BCUT2D eigenvalue weighted by atomic mass is 16.1. The van der Waals surface area contributed by atoms with Gasteiger partial charge in [0.05, 0.1) is 16.6 Å². The SMILES string of the molecule is CNc1ccc(C(=O)Nc2nc3ccccc3[nH]2)cn1. The number of hydrogen-bond acceptors (Lipinski definition) is 4. The minimum atomic E-state index is -0.251. The number of fused-ring (bicyclic) bond motifs is 1. The summed E-state index contributed by atoms with van der Waals surface area (Å²) in [6.07, 6.45) is 1.52. The second-order valence-corrected chi connectivity index (χ2v) is 4.24. The third-order valence-corrected chi connectivity index (χ3v) is 2.90. The molecular formula is C14H13N5O. The number of anilines is 2. The van der Waals surface area contributed by atoms with Gasteiger partial charge in [-0.05, 0) is 24.3 Å². The number of carbonyl (C=O) groups is 1. The van der Waals surface area contributed by atoms with Crippen molar-refractivity contribution in [3.05, 3.63) is 48.2 Å². The van der Waals surface area contributed by atoms with Gasteiger partial charge in [-0.15, -0.1) is 0 Å². The van der Waals surface area contributed by atoms with Crippen molar-refractivity contribution in [2.45, 2.75) is 0 Å². The summed E-state index contributed by atoms with van der Waals surface area (Å²) in [6.45, 7) is 0. The minimum absolute atomic E-state index is 0.251. The molecule has 0 saturated heterocycles. The van der Waals surface area contributed by atoms with Crippen molar-refractivity contribution in [3.8, 4) is 0 Å². The molecule has 1 aromatic carbocycles.